The summed E-state index contributed by atoms with van der Waals surface area (Å²) in [7, 11) is 1.31. The topological polar surface area (TPSA) is 76.2 Å². The summed E-state index contributed by atoms with van der Waals surface area (Å²) < 4.78 is 10.4. The first-order valence-corrected chi connectivity index (χ1v) is 12.9. The number of methoxy groups -OCH3 is 1. The quantitative estimate of drug-likeness (QED) is 0.345. The van der Waals surface area contributed by atoms with Gasteiger partial charge in [-0.3, -0.25) is 9.59 Å². The molecule has 1 saturated heterocycles. The normalized spacial score (nSPS) is 20.4. The molecule has 0 saturated carbocycles. The predicted octanol–water partition coefficient (Wildman–Crippen LogP) is 4.12. The predicted molar refractivity (Wildman–Crippen MR) is 137 cm³/mol. The summed E-state index contributed by atoms with van der Waals surface area (Å²) in [6, 6.07) is 1.74. The molecule has 1 aliphatic heterocycles. The minimum atomic E-state index is -0.544. The fourth-order valence-corrected chi connectivity index (χ4v) is 5.23. The van der Waals surface area contributed by atoms with Crippen LogP contribution in [0.15, 0.2) is 17.7 Å². The second-order valence-corrected chi connectivity index (χ2v) is 11.4. The minimum Gasteiger partial charge on any atom is -0.465 e. The van der Waals surface area contributed by atoms with Gasteiger partial charge in [0.05, 0.1) is 30.9 Å². The number of esters is 1. The Morgan fingerprint density at radius 2 is 1.94 bits per heavy atom. The van der Waals surface area contributed by atoms with Crippen molar-refractivity contribution >= 4 is 34.8 Å². The Morgan fingerprint density at radius 3 is 2.54 bits per heavy atom. The average Bonchev–Trinajstić information content (AvgIpc) is 3.24. The van der Waals surface area contributed by atoms with Crippen LogP contribution in [0, 0.1) is 29.1 Å². The van der Waals surface area contributed by atoms with E-state index in [1.165, 1.54) is 28.9 Å². The first-order chi connectivity index (χ1) is 16.5. The monoisotopic (exact) mass is 500 g/mol. The number of ether oxygens (including phenoxy) is 2. The van der Waals surface area contributed by atoms with Crippen molar-refractivity contribution in [2.24, 2.45) is 17.3 Å². The van der Waals surface area contributed by atoms with Crippen molar-refractivity contribution in [2.45, 2.75) is 47.5 Å². The van der Waals surface area contributed by atoms with Gasteiger partial charge in [0, 0.05) is 24.4 Å². The molecule has 0 radical (unpaired) electrons. The molecule has 7 nitrogen and oxygen atoms in total. The maximum atomic E-state index is 13.9. The van der Waals surface area contributed by atoms with Gasteiger partial charge in [-0.1, -0.05) is 30.4 Å². The van der Waals surface area contributed by atoms with Gasteiger partial charge in [0.15, 0.2) is 0 Å². The average molecular weight is 501 g/mol. The Labute approximate surface area is 212 Å². The van der Waals surface area contributed by atoms with E-state index in [1.807, 2.05) is 20.8 Å². The minimum absolute atomic E-state index is 0.133. The summed E-state index contributed by atoms with van der Waals surface area (Å²) in [6.45, 7) is 11.9. The molecule has 0 N–H and O–H groups in total. The molecule has 1 fully saturated rings. The highest BCUT2D eigenvalue weighted by Gasteiger charge is 2.36. The number of thiophene rings is 1. The van der Waals surface area contributed by atoms with Gasteiger partial charge in [-0.05, 0) is 52.5 Å². The van der Waals surface area contributed by atoms with E-state index in [-0.39, 0.29) is 40.5 Å². The molecule has 0 aromatic carbocycles. The lowest BCUT2D eigenvalue weighted by Gasteiger charge is -2.34. The summed E-state index contributed by atoms with van der Waals surface area (Å²) in [5, 5.41) is 0. The molecule has 2 atom stereocenters. The lowest BCUT2D eigenvalue weighted by atomic mass is 9.80. The smallest absolute Gasteiger partial charge is 0.350 e. The Bertz CT molecular complexity index is 1050. The second kappa shape index (κ2) is 11.4. The van der Waals surface area contributed by atoms with Crippen LogP contribution in [0.5, 0.6) is 0 Å². The summed E-state index contributed by atoms with van der Waals surface area (Å²) in [5.41, 5.74) is 1.44. The molecule has 0 unspecified atom stereocenters. The molecule has 2 aliphatic rings. The summed E-state index contributed by atoms with van der Waals surface area (Å²) in [5.74, 6) is 5.31. The van der Waals surface area contributed by atoms with Crippen LogP contribution in [-0.4, -0.2) is 62.6 Å². The highest BCUT2D eigenvalue weighted by atomic mass is 32.1. The molecule has 1 aromatic rings. The van der Waals surface area contributed by atoms with Gasteiger partial charge in [0.25, 0.3) is 0 Å². The van der Waals surface area contributed by atoms with E-state index in [0.717, 1.165) is 6.42 Å². The zero-order valence-corrected chi connectivity index (χ0v) is 22.4. The van der Waals surface area contributed by atoms with Crippen molar-refractivity contribution in [3.05, 3.63) is 27.5 Å². The molecule has 3 rings (SSSR count). The molecule has 1 aromatic heterocycles. The maximum Gasteiger partial charge on any atom is 0.350 e. The van der Waals surface area contributed by atoms with Crippen LogP contribution in [0.3, 0.4) is 0 Å². The number of hydrogen-bond acceptors (Lipinski definition) is 6. The van der Waals surface area contributed by atoms with E-state index in [0.29, 0.717) is 43.3 Å². The van der Waals surface area contributed by atoms with Gasteiger partial charge < -0.3 is 19.3 Å². The maximum absolute atomic E-state index is 13.9. The Kier molecular flexibility index (Phi) is 8.79. The van der Waals surface area contributed by atoms with Crippen molar-refractivity contribution in [3.8, 4) is 11.8 Å². The number of amides is 2. The van der Waals surface area contributed by atoms with Crippen LogP contribution in [0.25, 0.3) is 0 Å². The van der Waals surface area contributed by atoms with Crippen LogP contribution in [-0.2, 0) is 19.1 Å². The van der Waals surface area contributed by atoms with Crippen LogP contribution in [0.1, 0.15) is 62.0 Å². The highest BCUT2D eigenvalue weighted by molar-refractivity contribution is 7.15. The molecule has 2 amide bonds. The lowest BCUT2D eigenvalue weighted by molar-refractivity contribution is -0.135. The number of morpholine rings is 1. The van der Waals surface area contributed by atoms with Crippen molar-refractivity contribution in [2.75, 3.05) is 44.9 Å². The van der Waals surface area contributed by atoms with E-state index in [2.05, 4.69) is 31.8 Å². The molecule has 0 bridgehead atoms. The molecule has 2 heterocycles. The largest absolute Gasteiger partial charge is 0.465 e. The third kappa shape index (κ3) is 6.96. The number of allylic oxidation sites excluding steroid dienone is 2. The number of anilines is 1. The van der Waals surface area contributed by atoms with Crippen LogP contribution in [0.4, 0.5) is 5.69 Å². The molecule has 35 heavy (non-hydrogen) atoms. The Balaban J connectivity index is 2.03. The van der Waals surface area contributed by atoms with E-state index in [4.69, 9.17) is 9.47 Å². The zero-order valence-electron chi connectivity index (χ0n) is 21.6. The van der Waals surface area contributed by atoms with Crippen LogP contribution < -0.4 is 4.90 Å². The van der Waals surface area contributed by atoms with Gasteiger partial charge in [-0.2, -0.15) is 0 Å². The Hall–Kier alpha value is -2.63. The van der Waals surface area contributed by atoms with E-state index >= 15 is 0 Å². The standard InChI is InChI=1S/C27H36N2O5S/c1-18-7-8-21(19(2)15-18)25(31)29(17-23(30)28-11-13-34-14-12-28)22-16-20(9-10-27(3,4)5)35-24(22)26(32)33-6/h7,16,19,21H,8,11-15,17H2,1-6H3/t19-,21-/m0/s1. The third-order valence-corrected chi connectivity index (χ3v) is 7.25. The summed E-state index contributed by atoms with van der Waals surface area (Å²) in [4.78, 5) is 44.0. The fraction of sp³-hybridized carbons (Fsp3) is 0.593. The first kappa shape index (κ1) is 27.0. The summed E-state index contributed by atoms with van der Waals surface area (Å²) >= 11 is 1.19. The van der Waals surface area contributed by atoms with Crippen molar-refractivity contribution < 1.29 is 23.9 Å². The number of rotatable bonds is 5. The molecule has 0 spiro atoms. The molecule has 8 heteroatoms. The van der Waals surface area contributed by atoms with Crippen LogP contribution >= 0.6 is 11.3 Å². The van der Waals surface area contributed by atoms with Gasteiger partial charge in [-0.25, -0.2) is 4.79 Å². The SMILES string of the molecule is COC(=O)c1sc(C#CC(C)(C)C)cc1N(CC(=O)N1CCOCC1)C(=O)[C@H]1CC=C(C)C[C@@H]1C. The van der Waals surface area contributed by atoms with Crippen molar-refractivity contribution in [3.63, 3.8) is 0 Å². The van der Waals surface area contributed by atoms with Crippen LogP contribution in [0.2, 0.25) is 0 Å². The van der Waals surface area contributed by atoms with E-state index < -0.39 is 5.97 Å². The van der Waals surface area contributed by atoms with Gasteiger partial charge >= 0.3 is 5.97 Å². The number of hydrogen-bond donors (Lipinski definition) is 0. The lowest BCUT2D eigenvalue weighted by Crippen LogP contribution is -2.49. The number of carbonyl (C=O) groups excluding carboxylic acids is 3. The zero-order chi connectivity index (χ0) is 25.8. The van der Waals surface area contributed by atoms with Crippen molar-refractivity contribution in [1.82, 2.24) is 4.90 Å². The van der Waals surface area contributed by atoms with Crippen molar-refractivity contribution in [1.29, 1.82) is 0 Å². The molecule has 190 valence electrons. The fourth-order valence-electron chi connectivity index (χ4n) is 4.30. The van der Waals surface area contributed by atoms with Gasteiger partial charge in [0.1, 0.15) is 11.4 Å². The molecular weight excluding hydrogens is 464 g/mol. The molecular formula is C27H36N2O5S. The highest BCUT2D eigenvalue weighted by Crippen LogP contribution is 2.36. The third-order valence-electron chi connectivity index (χ3n) is 6.23. The van der Waals surface area contributed by atoms with E-state index in [1.54, 1.807) is 11.0 Å². The Morgan fingerprint density at radius 1 is 1.26 bits per heavy atom. The first-order valence-electron chi connectivity index (χ1n) is 12.1. The van der Waals surface area contributed by atoms with Gasteiger partial charge in [0.2, 0.25) is 11.8 Å². The number of nitrogens with zero attached hydrogens (tertiary/aromatic N) is 2. The summed E-state index contributed by atoms with van der Waals surface area (Å²) in [6.07, 6.45) is 3.54. The second-order valence-electron chi connectivity index (χ2n) is 10.3. The van der Waals surface area contributed by atoms with Gasteiger partial charge in [-0.15, -0.1) is 11.3 Å². The number of carbonyl (C=O) groups is 3. The van der Waals surface area contributed by atoms with E-state index in [9.17, 15) is 14.4 Å². The molecule has 1 aliphatic carbocycles.